The van der Waals surface area contributed by atoms with Crippen LogP contribution in [0.15, 0.2) is 24.3 Å². The Morgan fingerprint density at radius 3 is 2.38 bits per heavy atom. The number of hydrogen-bond acceptors (Lipinski definition) is 4. The van der Waals surface area contributed by atoms with Gasteiger partial charge in [-0.3, -0.25) is 0 Å². The molecule has 0 aliphatic heterocycles. The summed E-state index contributed by atoms with van der Waals surface area (Å²) >= 11 is 0. The number of ether oxygens (including phenoxy) is 2. The van der Waals surface area contributed by atoms with E-state index in [1.807, 2.05) is 45.0 Å². The monoisotopic (exact) mass is 294 g/mol. The molecule has 118 valence electrons. The van der Waals surface area contributed by atoms with Crippen molar-refractivity contribution < 1.29 is 14.3 Å². The lowest BCUT2D eigenvalue weighted by Gasteiger charge is -2.23. The molecule has 1 amide bonds. The van der Waals surface area contributed by atoms with Crippen LogP contribution in [-0.2, 0) is 11.2 Å². The topological polar surface area (TPSA) is 73.6 Å². The molecule has 0 spiro atoms. The van der Waals surface area contributed by atoms with E-state index in [2.05, 4.69) is 5.32 Å². The standard InChI is InChI=1S/C16H26N2O3/c1-16(2,3)21-15(19)18-13(11-17)8-5-12-6-9-14(20-4)10-7-12/h6-7,9-10,13H,5,8,11,17H2,1-4H3,(H,18,19). The zero-order valence-electron chi connectivity index (χ0n) is 13.3. The van der Waals surface area contributed by atoms with Crippen LogP contribution in [0.3, 0.4) is 0 Å². The average molecular weight is 294 g/mol. The molecule has 1 aromatic rings. The van der Waals surface area contributed by atoms with E-state index in [4.69, 9.17) is 15.2 Å². The molecule has 1 rings (SSSR count). The Bertz CT molecular complexity index is 438. The van der Waals surface area contributed by atoms with Gasteiger partial charge < -0.3 is 20.5 Å². The first-order valence-electron chi connectivity index (χ1n) is 7.16. The Labute approximate surface area is 126 Å². The summed E-state index contributed by atoms with van der Waals surface area (Å²) in [6, 6.07) is 7.78. The van der Waals surface area contributed by atoms with Crippen LogP contribution in [0.2, 0.25) is 0 Å². The Morgan fingerprint density at radius 2 is 1.90 bits per heavy atom. The third-order valence-corrected chi connectivity index (χ3v) is 2.95. The minimum absolute atomic E-state index is 0.0954. The summed E-state index contributed by atoms with van der Waals surface area (Å²) in [5, 5.41) is 2.81. The number of methoxy groups -OCH3 is 1. The minimum Gasteiger partial charge on any atom is -0.497 e. The summed E-state index contributed by atoms with van der Waals surface area (Å²) in [6.45, 7) is 5.89. The van der Waals surface area contributed by atoms with E-state index in [9.17, 15) is 4.79 Å². The van der Waals surface area contributed by atoms with E-state index < -0.39 is 11.7 Å². The third-order valence-electron chi connectivity index (χ3n) is 2.95. The maximum atomic E-state index is 11.7. The van der Waals surface area contributed by atoms with E-state index in [1.165, 1.54) is 5.56 Å². The number of carbonyl (C=O) groups is 1. The maximum Gasteiger partial charge on any atom is 0.407 e. The SMILES string of the molecule is COc1ccc(CCC(CN)NC(=O)OC(C)(C)C)cc1. The molecule has 5 nitrogen and oxygen atoms in total. The fourth-order valence-corrected chi connectivity index (χ4v) is 1.86. The lowest BCUT2D eigenvalue weighted by molar-refractivity contribution is 0.0503. The van der Waals surface area contributed by atoms with Gasteiger partial charge in [0.1, 0.15) is 11.4 Å². The van der Waals surface area contributed by atoms with E-state index >= 15 is 0 Å². The van der Waals surface area contributed by atoms with Crippen molar-refractivity contribution in [3.05, 3.63) is 29.8 Å². The molecule has 21 heavy (non-hydrogen) atoms. The van der Waals surface area contributed by atoms with Gasteiger partial charge in [-0.2, -0.15) is 0 Å². The first-order chi connectivity index (χ1) is 9.84. The predicted molar refractivity (Wildman–Crippen MR) is 83.5 cm³/mol. The lowest BCUT2D eigenvalue weighted by Crippen LogP contribution is -2.43. The molecule has 5 heteroatoms. The zero-order chi connectivity index (χ0) is 15.9. The third kappa shape index (κ3) is 6.99. The van der Waals surface area contributed by atoms with Crippen molar-refractivity contribution in [2.75, 3.05) is 13.7 Å². The van der Waals surface area contributed by atoms with Crippen LogP contribution in [0.1, 0.15) is 32.8 Å². The Kier molecular flexibility index (Phi) is 6.49. The van der Waals surface area contributed by atoms with Crippen LogP contribution in [-0.4, -0.2) is 31.4 Å². The average Bonchev–Trinajstić information content (AvgIpc) is 2.42. The number of amides is 1. The summed E-state index contributed by atoms with van der Waals surface area (Å²) < 4.78 is 10.4. The van der Waals surface area contributed by atoms with Gasteiger partial charge in [-0.25, -0.2) is 4.79 Å². The summed E-state index contributed by atoms with van der Waals surface area (Å²) in [5.74, 6) is 0.834. The highest BCUT2D eigenvalue weighted by Gasteiger charge is 2.18. The summed E-state index contributed by atoms with van der Waals surface area (Å²) in [7, 11) is 1.64. The molecule has 0 aliphatic carbocycles. The van der Waals surface area contributed by atoms with Crippen molar-refractivity contribution in [2.24, 2.45) is 5.73 Å². The molecule has 1 atom stereocenters. The molecule has 0 radical (unpaired) electrons. The number of benzene rings is 1. The molecule has 0 aromatic heterocycles. The van der Waals surface area contributed by atoms with Gasteiger partial charge in [0.15, 0.2) is 0 Å². The number of carbonyl (C=O) groups excluding carboxylic acids is 1. The molecule has 3 N–H and O–H groups in total. The van der Waals surface area contributed by atoms with Crippen LogP contribution < -0.4 is 15.8 Å². The van der Waals surface area contributed by atoms with Gasteiger partial charge >= 0.3 is 6.09 Å². The highest BCUT2D eigenvalue weighted by Crippen LogP contribution is 2.13. The summed E-state index contributed by atoms with van der Waals surface area (Å²) in [4.78, 5) is 11.7. The number of nitrogens with two attached hydrogens (primary N) is 1. The molecule has 0 fully saturated rings. The predicted octanol–water partition coefficient (Wildman–Crippen LogP) is 2.48. The van der Waals surface area contributed by atoms with Crippen molar-refractivity contribution in [1.82, 2.24) is 5.32 Å². The number of hydrogen-bond donors (Lipinski definition) is 2. The van der Waals surface area contributed by atoms with Gasteiger partial charge in [0, 0.05) is 12.6 Å². The molecule has 1 unspecified atom stereocenters. The molecular formula is C16H26N2O3. The second kappa shape index (κ2) is 7.88. The molecule has 0 bridgehead atoms. The van der Waals surface area contributed by atoms with Gasteiger partial charge in [0.2, 0.25) is 0 Å². The normalized spacial score (nSPS) is 12.6. The van der Waals surface area contributed by atoms with Crippen LogP contribution in [0.25, 0.3) is 0 Å². The van der Waals surface area contributed by atoms with Crippen molar-refractivity contribution in [3.8, 4) is 5.75 Å². The minimum atomic E-state index is -0.501. The van der Waals surface area contributed by atoms with Crippen molar-refractivity contribution >= 4 is 6.09 Å². The summed E-state index contributed by atoms with van der Waals surface area (Å²) in [6.07, 6.45) is 1.18. The van der Waals surface area contributed by atoms with Gasteiger partial charge in [-0.15, -0.1) is 0 Å². The smallest absolute Gasteiger partial charge is 0.407 e. The number of nitrogens with one attached hydrogen (secondary N) is 1. The van der Waals surface area contributed by atoms with Gasteiger partial charge in [0.05, 0.1) is 7.11 Å². The second-order valence-electron chi connectivity index (χ2n) is 5.97. The summed E-state index contributed by atoms with van der Waals surface area (Å²) in [5.41, 5.74) is 6.38. The van der Waals surface area contributed by atoms with E-state index in [0.717, 1.165) is 18.6 Å². The molecule has 0 saturated heterocycles. The number of aryl methyl sites for hydroxylation is 1. The molecule has 0 aliphatic rings. The van der Waals surface area contributed by atoms with E-state index in [-0.39, 0.29) is 6.04 Å². The van der Waals surface area contributed by atoms with Crippen molar-refractivity contribution in [3.63, 3.8) is 0 Å². The maximum absolute atomic E-state index is 11.7. The van der Waals surface area contributed by atoms with Gasteiger partial charge in [-0.05, 0) is 51.3 Å². The fraction of sp³-hybridized carbons (Fsp3) is 0.562. The molecule has 1 aromatic carbocycles. The van der Waals surface area contributed by atoms with Crippen LogP contribution in [0.4, 0.5) is 4.79 Å². The Balaban J connectivity index is 2.44. The second-order valence-corrected chi connectivity index (χ2v) is 5.97. The quantitative estimate of drug-likeness (QED) is 0.845. The number of alkyl carbamates (subject to hydrolysis) is 1. The number of rotatable bonds is 6. The van der Waals surface area contributed by atoms with E-state index in [0.29, 0.717) is 6.54 Å². The van der Waals surface area contributed by atoms with E-state index in [1.54, 1.807) is 7.11 Å². The van der Waals surface area contributed by atoms with Gasteiger partial charge in [0.25, 0.3) is 0 Å². The van der Waals surface area contributed by atoms with Crippen LogP contribution in [0.5, 0.6) is 5.75 Å². The van der Waals surface area contributed by atoms with Crippen LogP contribution >= 0.6 is 0 Å². The molecule has 0 saturated carbocycles. The highest BCUT2D eigenvalue weighted by molar-refractivity contribution is 5.68. The van der Waals surface area contributed by atoms with Crippen molar-refractivity contribution in [2.45, 2.75) is 45.3 Å². The van der Waals surface area contributed by atoms with Crippen LogP contribution in [0, 0.1) is 0 Å². The lowest BCUT2D eigenvalue weighted by atomic mass is 10.1. The molecular weight excluding hydrogens is 268 g/mol. The van der Waals surface area contributed by atoms with Crippen molar-refractivity contribution in [1.29, 1.82) is 0 Å². The van der Waals surface area contributed by atoms with Gasteiger partial charge in [-0.1, -0.05) is 12.1 Å². The highest BCUT2D eigenvalue weighted by atomic mass is 16.6. The first kappa shape index (κ1) is 17.3. The first-order valence-corrected chi connectivity index (χ1v) is 7.16. The largest absolute Gasteiger partial charge is 0.497 e. The fourth-order valence-electron chi connectivity index (χ4n) is 1.86. The zero-order valence-corrected chi connectivity index (χ0v) is 13.3. The Hall–Kier alpha value is -1.75. The molecule has 0 heterocycles. The Morgan fingerprint density at radius 1 is 1.29 bits per heavy atom.